The van der Waals surface area contributed by atoms with Gasteiger partial charge in [0, 0.05) is 34.2 Å². The maximum atomic E-state index is 12.4. The van der Waals surface area contributed by atoms with E-state index in [9.17, 15) is 49.1 Å². The number of hydrogen-bond donors (Lipinski definition) is 8. The van der Waals surface area contributed by atoms with Gasteiger partial charge in [-0.3, -0.25) is 13.7 Å². The van der Waals surface area contributed by atoms with Gasteiger partial charge in [0.25, 0.3) is 30.4 Å². The van der Waals surface area contributed by atoms with Crippen LogP contribution in [-0.4, -0.2) is 49.1 Å². The molecular weight excluding hydrogens is 779 g/mol. The van der Waals surface area contributed by atoms with Gasteiger partial charge in [0.05, 0.1) is 22.0 Å². The number of azo groups is 2. The molecule has 55 heavy (non-hydrogen) atoms. The number of fused-ring (bicyclic) bond motifs is 1. The maximum Gasteiger partial charge on any atom is 0.296 e. The Kier molecular flexibility index (Phi) is 10.2. The molecule has 0 radical (unpaired) electrons. The minimum absolute atomic E-state index is 0.112. The minimum Gasteiger partial charge on any atom is -0.506 e. The Hall–Kier alpha value is -6.49. The van der Waals surface area contributed by atoms with E-state index in [-0.39, 0.29) is 33.6 Å². The maximum absolute atomic E-state index is 12.4. The van der Waals surface area contributed by atoms with Gasteiger partial charge in [0.1, 0.15) is 26.9 Å². The van der Waals surface area contributed by atoms with E-state index in [2.05, 4.69) is 31.1 Å². The highest BCUT2D eigenvalue weighted by atomic mass is 32.2. The summed E-state index contributed by atoms with van der Waals surface area (Å²) >= 11 is 0. The molecule has 0 unspecified atom stereocenters. The number of nitrogens with two attached hydrogens (primary N) is 1. The number of anilines is 5. The molecule has 9 N–H and O–H groups in total. The van der Waals surface area contributed by atoms with Crippen molar-refractivity contribution in [3.63, 3.8) is 0 Å². The standard InChI is InChI=1S/C34H27N7O11S3/c35-26-18-25(53(44,45)46)14-19-15-31(55(50,51)52)33(34(43)32(19)26)41-39-24-11-13-28(30(17-24)54(47,48)49)37-21-6-8-22(9-7-21)38-40-27-12-10-23(16-29(27)42)36-20-4-2-1-3-5-20/h1-18,36-37,42-43H,35H2,(H,44,45,46)(H,47,48,49)(H,50,51,52). The predicted molar refractivity (Wildman–Crippen MR) is 202 cm³/mol. The number of para-hydroxylation sites is 1. The van der Waals surface area contributed by atoms with E-state index < -0.39 is 62.2 Å². The molecular formula is C34H27N7O11S3. The zero-order chi connectivity index (χ0) is 39.7. The van der Waals surface area contributed by atoms with E-state index >= 15 is 0 Å². The highest BCUT2D eigenvalue weighted by Crippen LogP contribution is 2.44. The monoisotopic (exact) mass is 805 g/mol. The van der Waals surface area contributed by atoms with Crippen LogP contribution in [0.15, 0.2) is 144 Å². The summed E-state index contributed by atoms with van der Waals surface area (Å²) in [5.74, 6) is -1.06. The van der Waals surface area contributed by atoms with Crippen LogP contribution in [0.1, 0.15) is 0 Å². The van der Waals surface area contributed by atoms with Crippen molar-refractivity contribution in [2.24, 2.45) is 20.5 Å². The molecule has 282 valence electrons. The molecule has 0 fully saturated rings. The van der Waals surface area contributed by atoms with E-state index in [1.807, 2.05) is 30.3 Å². The quantitative estimate of drug-likeness (QED) is 0.0351. The van der Waals surface area contributed by atoms with Crippen molar-refractivity contribution in [1.82, 2.24) is 0 Å². The molecule has 0 saturated carbocycles. The van der Waals surface area contributed by atoms with Gasteiger partial charge in [-0.1, -0.05) is 18.2 Å². The van der Waals surface area contributed by atoms with Crippen LogP contribution in [0.3, 0.4) is 0 Å². The van der Waals surface area contributed by atoms with Crippen molar-refractivity contribution in [2.45, 2.75) is 14.7 Å². The Morgan fingerprint density at radius 2 is 1.16 bits per heavy atom. The molecule has 21 heteroatoms. The Balaban J connectivity index is 1.24. The number of nitrogens with one attached hydrogen (secondary N) is 2. The Morgan fingerprint density at radius 3 is 1.80 bits per heavy atom. The smallest absolute Gasteiger partial charge is 0.296 e. The lowest BCUT2D eigenvalue weighted by Gasteiger charge is -2.12. The van der Waals surface area contributed by atoms with Gasteiger partial charge in [-0.05, 0) is 90.3 Å². The van der Waals surface area contributed by atoms with Crippen molar-refractivity contribution in [3.05, 3.63) is 109 Å². The SMILES string of the molecule is Nc1cc(S(=O)(=O)O)cc2cc(S(=O)(=O)O)c(N=Nc3ccc(Nc4ccc(N=Nc5ccc(Nc6ccccc6)cc5O)cc4)c(S(=O)(=O)O)c3)c(O)c12. The van der Waals surface area contributed by atoms with E-state index in [0.29, 0.717) is 17.1 Å². The Labute approximate surface area is 312 Å². The van der Waals surface area contributed by atoms with Gasteiger partial charge in [0.2, 0.25) is 0 Å². The lowest BCUT2D eigenvalue weighted by molar-refractivity contribution is 0.472. The molecule has 0 aliphatic heterocycles. The average molecular weight is 806 g/mol. The third-order valence-electron chi connectivity index (χ3n) is 7.70. The van der Waals surface area contributed by atoms with E-state index in [1.165, 1.54) is 30.3 Å². The number of hydrogen-bond acceptors (Lipinski definition) is 15. The second-order valence-electron chi connectivity index (χ2n) is 11.6. The first-order chi connectivity index (χ1) is 25.9. The highest BCUT2D eigenvalue weighted by molar-refractivity contribution is 7.86. The largest absolute Gasteiger partial charge is 0.506 e. The first-order valence-corrected chi connectivity index (χ1v) is 19.7. The van der Waals surface area contributed by atoms with E-state index in [1.54, 1.807) is 24.3 Å². The lowest BCUT2D eigenvalue weighted by atomic mass is 10.1. The summed E-state index contributed by atoms with van der Waals surface area (Å²) in [5.41, 5.74) is 6.65. The van der Waals surface area contributed by atoms with E-state index in [0.717, 1.165) is 30.0 Å². The molecule has 0 amide bonds. The summed E-state index contributed by atoms with van der Waals surface area (Å²) in [6.45, 7) is 0. The molecule has 0 saturated heterocycles. The first-order valence-electron chi connectivity index (χ1n) is 15.4. The first kappa shape index (κ1) is 38.2. The van der Waals surface area contributed by atoms with Gasteiger partial charge in [-0.15, -0.1) is 10.2 Å². The predicted octanol–water partition coefficient (Wildman–Crippen LogP) is 7.89. The molecule has 6 aromatic rings. The number of aromatic hydroxyl groups is 2. The number of benzene rings is 6. The molecule has 18 nitrogen and oxygen atoms in total. The van der Waals surface area contributed by atoms with Gasteiger partial charge in [-0.2, -0.15) is 35.5 Å². The number of phenolic OH excluding ortho intramolecular Hbond substituents is 2. The fourth-order valence-electron chi connectivity index (χ4n) is 5.18. The molecule has 0 aromatic heterocycles. The Bertz CT molecular complexity index is 2870. The number of rotatable bonds is 11. The molecule has 6 rings (SSSR count). The van der Waals surface area contributed by atoms with Gasteiger partial charge in [0.15, 0.2) is 5.75 Å². The third-order valence-corrected chi connectivity index (χ3v) is 10.3. The number of nitrogen functional groups attached to an aromatic ring is 1. The van der Waals surface area contributed by atoms with E-state index in [4.69, 9.17) is 5.73 Å². The molecule has 0 aliphatic carbocycles. The zero-order valence-corrected chi connectivity index (χ0v) is 30.1. The fraction of sp³-hybridized carbons (Fsp3) is 0. The van der Waals surface area contributed by atoms with Crippen molar-refractivity contribution >= 4 is 92.3 Å². The highest BCUT2D eigenvalue weighted by Gasteiger charge is 2.25. The van der Waals surface area contributed by atoms with Gasteiger partial charge < -0.3 is 26.6 Å². The van der Waals surface area contributed by atoms with Crippen molar-refractivity contribution in [2.75, 3.05) is 16.4 Å². The summed E-state index contributed by atoms with van der Waals surface area (Å²) in [7, 11) is -14.9. The van der Waals surface area contributed by atoms with Crippen LogP contribution in [0.2, 0.25) is 0 Å². The normalized spacial score (nSPS) is 12.4. The van der Waals surface area contributed by atoms with Crippen LogP contribution in [0, 0.1) is 0 Å². The van der Waals surface area contributed by atoms with Crippen LogP contribution in [0.4, 0.5) is 51.2 Å². The molecule has 6 aromatic carbocycles. The number of nitrogens with zero attached hydrogens (tertiary/aromatic N) is 4. The molecule has 0 heterocycles. The summed E-state index contributed by atoms with van der Waals surface area (Å²) in [5, 5.41) is 42.4. The molecule has 0 spiro atoms. The van der Waals surface area contributed by atoms with Crippen molar-refractivity contribution in [1.29, 1.82) is 0 Å². The van der Waals surface area contributed by atoms with Crippen LogP contribution in [0.5, 0.6) is 11.5 Å². The molecule has 0 bridgehead atoms. The Morgan fingerprint density at radius 1 is 0.545 bits per heavy atom. The zero-order valence-electron chi connectivity index (χ0n) is 27.7. The third kappa shape index (κ3) is 8.84. The van der Waals surface area contributed by atoms with Crippen molar-refractivity contribution < 1.29 is 49.1 Å². The van der Waals surface area contributed by atoms with Gasteiger partial charge >= 0.3 is 0 Å². The summed E-state index contributed by atoms with van der Waals surface area (Å²) in [6.07, 6.45) is 0. The van der Waals surface area contributed by atoms with Crippen LogP contribution in [0.25, 0.3) is 10.8 Å². The summed E-state index contributed by atoms with van der Waals surface area (Å²) in [6, 6.07) is 26.0. The van der Waals surface area contributed by atoms with Crippen LogP contribution < -0.4 is 16.4 Å². The molecule has 0 aliphatic rings. The van der Waals surface area contributed by atoms with Crippen molar-refractivity contribution in [3.8, 4) is 11.5 Å². The van der Waals surface area contributed by atoms with Crippen LogP contribution >= 0.6 is 0 Å². The minimum atomic E-state index is -5.16. The summed E-state index contributed by atoms with van der Waals surface area (Å²) in [4.78, 5) is -2.43. The molecule has 0 atom stereocenters. The lowest BCUT2D eigenvalue weighted by Crippen LogP contribution is -2.03. The second-order valence-corrected chi connectivity index (χ2v) is 15.8. The van der Waals surface area contributed by atoms with Gasteiger partial charge in [-0.25, -0.2) is 0 Å². The fourth-order valence-corrected chi connectivity index (χ4v) is 7.06. The van der Waals surface area contributed by atoms with Crippen LogP contribution in [-0.2, 0) is 30.4 Å². The number of phenols is 2. The summed E-state index contributed by atoms with van der Waals surface area (Å²) < 4.78 is 102. The topological polar surface area (TPSA) is 303 Å². The second kappa shape index (κ2) is 14.7. The average Bonchev–Trinajstić information content (AvgIpc) is 3.11.